The highest BCUT2D eigenvalue weighted by molar-refractivity contribution is 7.80. The summed E-state index contributed by atoms with van der Waals surface area (Å²) in [7, 11) is 1.46. The Hall–Kier alpha value is -2.02. The number of nitrogens with two attached hydrogens (primary N) is 1. The fourth-order valence-corrected chi connectivity index (χ4v) is 1.94. The molecule has 0 aromatic carbocycles. The van der Waals surface area contributed by atoms with E-state index in [9.17, 15) is 9.59 Å². The van der Waals surface area contributed by atoms with Crippen molar-refractivity contribution in [3.63, 3.8) is 0 Å². The van der Waals surface area contributed by atoms with Gasteiger partial charge in [0.1, 0.15) is 16.7 Å². The molecule has 1 saturated heterocycles. The Kier molecular flexibility index (Phi) is 3.24. The van der Waals surface area contributed by atoms with Gasteiger partial charge in [0.2, 0.25) is 5.91 Å². The molecule has 1 aliphatic rings. The zero-order valence-corrected chi connectivity index (χ0v) is 10.5. The number of aromatic nitrogens is 1. The summed E-state index contributed by atoms with van der Waals surface area (Å²) < 4.78 is 0. The van der Waals surface area contributed by atoms with Crippen molar-refractivity contribution in [3.8, 4) is 0 Å². The number of likely N-dealkylation sites (tertiary alicyclic amines) is 1. The first-order valence-corrected chi connectivity index (χ1v) is 5.73. The van der Waals surface area contributed by atoms with Crippen LogP contribution < -0.4 is 11.1 Å². The number of thiocarbonyl (C=S) groups is 1. The van der Waals surface area contributed by atoms with E-state index in [2.05, 4.69) is 10.3 Å². The molecule has 0 saturated carbocycles. The quantitative estimate of drug-likeness (QED) is 0.585. The van der Waals surface area contributed by atoms with Crippen molar-refractivity contribution in [1.82, 2.24) is 9.88 Å². The molecule has 18 heavy (non-hydrogen) atoms. The van der Waals surface area contributed by atoms with Crippen LogP contribution in [0, 0.1) is 0 Å². The van der Waals surface area contributed by atoms with E-state index >= 15 is 0 Å². The number of nitrogens with zero attached hydrogens (tertiary/aromatic N) is 2. The van der Waals surface area contributed by atoms with E-state index in [1.54, 1.807) is 18.3 Å². The van der Waals surface area contributed by atoms with Crippen LogP contribution in [-0.4, -0.2) is 39.8 Å². The number of nitrogens with one attached hydrogen (secondary N) is 1. The Labute approximate surface area is 109 Å². The first-order valence-electron chi connectivity index (χ1n) is 5.32. The Morgan fingerprint density at radius 3 is 2.89 bits per heavy atom. The minimum atomic E-state index is -0.584. The topological polar surface area (TPSA) is 88.3 Å². The summed E-state index contributed by atoms with van der Waals surface area (Å²) >= 11 is 4.88. The van der Waals surface area contributed by atoms with Crippen LogP contribution in [0.25, 0.3) is 0 Å². The van der Waals surface area contributed by atoms with Crippen molar-refractivity contribution in [2.75, 3.05) is 12.4 Å². The third kappa shape index (κ3) is 2.17. The molecule has 0 radical (unpaired) electrons. The maximum atomic E-state index is 11.8. The number of likely N-dealkylation sites (N-methyl/N-ethyl adjacent to an activating group) is 1. The lowest BCUT2D eigenvalue weighted by Gasteiger charge is -2.14. The third-order valence-electron chi connectivity index (χ3n) is 2.75. The Morgan fingerprint density at radius 2 is 2.33 bits per heavy atom. The summed E-state index contributed by atoms with van der Waals surface area (Å²) in [5.74, 6) is -0.476. The van der Waals surface area contributed by atoms with Gasteiger partial charge in [0.15, 0.2) is 0 Å². The fourth-order valence-electron chi connectivity index (χ4n) is 1.77. The molecule has 1 atom stereocenters. The lowest BCUT2D eigenvalue weighted by molar-refractivity contribution is -0.136. The largest absolute Gasteiger partial charge is 0.388 e. The summed E-state index contributed by atoms with van der Waals surface area (Å²) in [5, 5.41) is 2.96. The normalized spacial score (nSPS) is 19.2. The first kappa shape index (κ1) is 12.4. The van der Waals surface area contributed by atoms with E-state index < -0.39 is 6.04 Å². The van der Waals surface area contributed by atoms with Crippen LogP contribution in [0.1, 0.15) is 12.1 Å². The van der Waals surface area contributed by atoms with Gasteiger partial charge in [-0.05, 0) is 12.1 Å². The van der Waals surface area contributed by atoms with Crippen molar-refractivity contribution < 1.29 is 9.59 Å². The van der Waals surface area contributed by atoms with Gasteiger partial charge in [0, 0.05) is 13.2 Å². The monoisotopic (exact) mass is 264 g/mol. The molecule has 0 bridgehead atoms. The lowest BCUT2D eigenvalue weighted by Crippen LogP contribution is -2.32. The van der Waals surface area contributed by atoms with Crippen molar-refractivity contribution in [2.45, 2.75) is 12.5 Å². The molecular formula is C11H12N4O2S. The van der Waals surface area contributed by atoms with Crippen molar-refractivity contribution in [1.29, 1.82) is 0 Å². The highest BCUT2D eigenvalue weighted by atomic mass is 32.1. The van der Waals surface area contributed by atoms with Crippen LogP contribution >= 0.6 is 12.2 Å². The van der Waals surface area contributed by atoms with Crippen LogP contribution in [0.3, 0.4) is 0 Å². The minimum Gasteiger partial charge on any atom is -0.388 e. The molecule has 6 nitrogen and oxygen atoms in total. The Balaban J connectivity index is 2.23. The van der Waals surface area contributed by atoms with E-state index in [4.69, 9.17) is 18.0 Å². The number of rotatable bonds is 3. The molecule has 1 aromatic heterocycles. The summed E-state index contributed by atoms with van der Waals surface area (Å²) in [6, 6.07) is 2.84. The second kappa shape index (κ2) is 4.69. The summed E-state index contributed by atoms with van der Waals surface area (Å²) in [6.07, 6.45) is 1.69. The lowest BCUT2D eigenvalue weighted by atomic mass is 10.2. The number of anilines is 1. The zero-order valence-electron chi connectivity index (χ0n) is 9.71. The molecule has 94 valence electrons. The highest BCUT2D eigenvalue weighted by Crippen LogP contribution is 2.19. The average Bonchev–Trinajstić information content (AvgIpc) is 2.57. The molecule has 0 aliphatic carbocycles. The third-order valence-corrected chi connectivity index (χ3v) is 2.95. The second-order valence-corrected chi connectivity index (χ2v) is 4.40. The minimum absolute atomic E-state index is 0.126. The first-order chi connectivity index (χ1) is 8.50. The van der Waals surface area contributed by atoms with E-state index in [1.807, 2.05) is 0 Å². The summed E-state index contributed by atoms with van der Waals surface area (Å²) in [5.41, 5.74) is 6.53. The molecular weight excluding hydrogens is 252 g/mol. The summed E-state index contributed by atoms with van der Waals surface area (Å²) in [6.45, 7) is 0. The van der Waals surface area contributed by atoms with Gasteiger partial charge in [-0.2, -0.15) is 0 Å². The fraction of sp³-hybridized carbons (Fsp3) is 0.273. The van der Waals surface area contributed by atoms with Crippen molar-refractivity contribution in [3.05, 3.63) is 24.0 Å². The number of hydrogen-bond acceptors (Lipinski definition) is 5. The molecule has 1 fully saturated rings. The Morgan fingerprint density at radius 1 is 1.61 bits per heavy atom. The number of amides is 2. The van der Waals surface area contributed by atoms with Gasteiger partial charge in [0.05, 0.1) is 12.1 Å². The van der Waals surface area contributed by atoms with Gasteiger partial charge >= 0.3 is 0 Å². The van der Waals surface area contributed by atoms with E-state index in [1.165, 1.54) is 7.05 Å². The predicted octanol–water partition coefficient (Wildman–Crippen LogP) is -0.115. The number of imide groups is 1. The zero-order chi connectivity index (χ0) is 13.3. The smallest absolute Gasteiger partial charge is 0.251 e. The van der Waals surface area contributed by atoms with Crippen LogP contribution in [0.2, 0.25) is 0 Å². The number of carbonyl (C=O) groups is 2. The molecule has 2 heterocycles. The number of hydrogen-bond donors (Lipinski definition) is 2. The molecule has 2 amide bonds. The SMILES string of the molecule is CN1C(=O)CC(Nc2cccnc2C(N)=S)C1=O. The van der Waals surface area contributed by atoms with Crippen molar-refractivity contribution >= 4 is 34.7 Å². The van der Waals surface area contributed by atoms with Crippen LogP contribution in [0.4, 0.5) is 5.69 Å². The van der Waals surface area contributed by atoms with Crippen LogP contribution in [0.15, 0.2) is 18.3 Å². The van der Waals surface area contributed by atoms with E-state index in [0.29, 0.717) is 11.4 Å². The molecule has 1 unspecified atom stereocenters. The van der Waals surface area contributed by atoms with Gasteiger partial charge in [-0.3, -0.25) is 19.5 Å². The molecule has 2 rings (SSSR count). The van der Waals surface area contributed by atoms with Crippen LogP contribution in [-0.2, 0) is 9.59 Å². The van der Waals surface area contributed by atoms with E-state index in [-0.39, 0.29) is 23.2 Å². The van der Waals surface area contributed by atoms with Gasteiger partial charge in [-0.1, -0.05) is 12.2 Å². The maximum Gasteiger partial charge on any atom is 0.251 e. The molecule has 1 aliphatic heterocycles. The molecule has 1 aromatic rings. The standard InChI is InChI=1S/C11H12N4O2S/c1-15-8(16)5-7(11(15)17)14-6-3-2-4-13-9(6)10(12)18/h2-4,7,14H,5H2,1H3,(H2,12,18). The molecule has 3 N–H and O–H groups in total. The van der Waals surface area contributed by atoms with Gasteiger partial charge in [-0.25, -0.2) is 0 Å². The summed E-state index contributed by atoms with van der Waals surface area (Å²) in [4.78, 5) is 28.5. The number of carbonyl (C=O) groups excluding carboxylic acids is 2. The van der Waals surface area contributed by atoms with E-state index in [0.717, 1.165) is 4.90 Å². The molecule has 7 heteroatoms. The van der Waals surface area contributed by atoms with Gasteiger partial charge in [0.25, 0.3) is 5.91 Å². The average molecular weight is 264 g/mol. The molecule has 0 spiro atoms. The van der Waals surface area contributed by atoms with Crippen LogP contribution in [0.5, 0.6) is 0 Å². The maximum absolute atomic E-state index is 11.8. The second-order valence-electron chi connectivity index (χ2n) is 3.96. The van der Waals surface area contributed by atoms with Crippen molar-refractivity contribution in [2.24, 2.45) is 5.73 Å². The highest BCUT2D eigenvalue weighted by Gasteiger charge is 2.36. The Bertz CT molecular complexity index is 532. The number of pyridine rings is 1. The predicted molar refractivity (Wildman–Crippen MR) is 69.9 cm³/mol. The van der Waals surface area contributed by atoms with Gasteiger partial charge in [-0.15, -0.1) is 0 Å². The van der Waals surface area contributed by atoms with Gasteiger partial charge < -0.3 is 11.1 Å².